The van der Waals surface area contributed by atoms with Gasteiger partial charge in [0.25, 0.3) is 0 Å². The van der Waals surface area contributed by atoms with Crippen molar-refractivity contribution in [2.24, 2.45) is 5.92 Å². The van der Waals surface area contributed by atoms with Gasteiger partial charge in [-0.25, -0.2) is 0 Å². The Labute approximate surface area is 119 Å². The van der Waals surface area contributed by atoms with E-state index in [1.807, 2.05) is 0 Å². The summed E-state index contributed by atoms with van der Waals surface area (Å²) in [6, 6.07) is 6.46. The Morgan fingerprint density at radius 1 is 1.33 bits per heavy atom. The summed E-state index contributed by atoms with van der Waals surface area (Å²) >= 11 is 0. The first kappa shape index (κ1) is 15.3. The number of carbonyl (C=O) groups excluding carboxylic acids is 2. The maximum absolute atomic E-state index is 12.3. The van der Waals surface area contributed by atoms with Crippen LogP contribution in [-0.2, 0) is 16.1 Å². The summed E-state index contributed by atoms with van der Waals surface area (Å²) in [5.74, 6) is -1.93. The highest BCUT2D eigenvalue weighted by molar-refractivity contribution is 5.94. The predicted molar refractivity (Wildman–Crippen MR) is 70.3 cm³/mol. The molecule has 0 aromatic heterocycles. The fourth-order valence-electron chi connectivity index (χ4n) is 1.90. The number of carbonyl (C=O) groups is 2. The normalized spacial score (nSPS) is 14.7. The second kappa shape index (κ2) is 5.75. The Kier molecular flexibility index (Phi) is 4.20. The Bertz CT molecular complexity index is 553. The molecule has 0 unspecified atom stereocenters. The third-order valence-electron chi connectivity index (χ3n) is 3.15. The average Bonchev–Trinajstić information content (AvgIpc) is 3.21. The van der Waals surface area contributed by atoms with Crippen LogP contribution in [0.15, 0.2) is 24.3 Å². The number of halogens is 3. The minimum Gasteiger partial charge on any atom is -0.334 e. The maximum atomic E-state index is 12.3. The molecule has 0 bridgehead atoms. The fourth-order valence-corrected chi connectivity index (χ4v) is 1.90. The van der Waals surface area contributed by atoms with Gasteiger partial charge in [0.15, 0.2) is 0 Å². The third-order valence-corrected chi connectivity index (χ3v) is 3.15. The number of benzene rings is 1. The minimum atomic E-state index is -4.88. The molecule has 21 heavy (non-hydrogen) atoms. The Morgan fingerprint density at radius 2 is 2.00 bits per heavy atom. The van der Waals surface area contributed by atoms with Crippen LogP contribution < -0.4 is 5.32 Å². The van der Waals surface area contributed by atoms with Crippen LogP contribution in [0, 0.1) is 5.92 Å². The highest BCUT2D eigenvalue weighted by Gasteiger charge is 2.41. The lowest BCUT2D eigenvalue weighted by Gasteiger charge is -2.19. The number of amides is 2. The molecule has 1 fully saturated rings. The molecule has 2 amide bonds. The summed E-state index contributed by atoms with van der Waals surface area (Å²) in [7, 11) is 1.09. The fraction of sp³-hybridized carbons (Fsp3) is 0.429. The summed E-state index contributed by atoms with van der Waals surface area (Å²) in [5, 5.41) is 2.71. The lowest BCUT2D eigenvalue weighted by molar-refractivity contribution is -0.184. The highest BCUT2D eigenvalue weighted by Crippen LogP contribution is 2.30. The van der Waals surface area contributed by atoms with Crippen molar-refractivity contribution >= 4 is 17.5 Å². The quantitative estimate of drug-likeness (QED) is 0.929. The van der Waals surface area contributed by atoms with Crippen LogP contribution in [-0.4, -0.2) is 29.9 Å². The molecule has 0 saturated heterocycles. The maximum Gasteiger partial charge on any atom is 0.471 e. The van der Waals surface area contributed by atoms with Gasteiger partial charge in [0, 0.05) is 25.2 Å². The third kappa shape index (κ3) is 4.21. The highest BCUT2D eigenvalue weighted by atomic mass is 19.4. The van der Waals surface area contributed by atoms with Gasteiger partial charge in [-0.3, -0.25) is 9.59 Å². The molecule has 1 aromatic carbocycles. The number of anilines is 1. The van der Waals surface area contributed by atoms with E-state index in [1.54, 1.807) is 24.3 Å². The zero-order valence-corrected chi connectivity index (χ0v) is 11.4. The van der Waals surface area contributed by atoms with E-state index in [9.17, 15) is 22.8 Å². The standard InChI is InChI=1S/C14H15F3N2O2/c1-19(13(21)14(15,16)17)8-9-3-2-4-11(7-9)18-12(20)10-5-6-10/h2-4,7,10H,5-6,8H2,1H3,(H,18,20). The Balaban J connectivity index is 2.00. The van der Waals surface area contributed by atoms with Crippen molar-refractivity contribution in [3.8, 4) is 0 Å². The van der Waals surface area contributed by atoms with Crippen LogP contribution in [0.4, 0.5) is 18.9 Å². The van der Waals surface area contributed by atoms with E-state index >= 15 is 0 Å². The first-order valence-corrected chi connectivity index (χ1v) is 6.49. The summed E-state index contributed by atoms with van der Waals surface area (Å²) in [5.41, 5.74) is 1.04. The topological polar surface area (TPSA) is 49.4 Å². The van der Waals surface area contributed by atoms with E-state index < -0.39 is 12.1 Å². The van der Waals surface area contributed by atoms with Crippen molar-refractivity contribution in [3.05, 3.63) is 29.8 Å². The van der Waals surface area contributed by atoms with Crippen molar-refractivity contribution in [2.45, 2.75) is 25.6 Å². The zero-order valence-electron chi connectivity index (χ0n) is 11.4. The van der Waals surface area contributed by atoms with Crippen LogP contribution >= 0.6 is 0 Å². The molecule has 1 aromatic rings. The molecule has 2 rings (SSSR count). The van der Waals surface area contributed by atoms with Gasteiger partial charge < -0.3 is 10.2 Å². The van der Waals surface area contributed by atoms with Gasteiger partial charge in [-0.1, -0.05) is 12.1 Å². The lowest BCUT2D eigenvalue weighted by atomic mass is 10.2. The van der Waals surface area contributed by atoms with Gasteiger partial charge >= 0.3 is 12.1 Å². The molecule has 0 aliphatic heterocycles. The van der Waals surface area contributed by atoms with Crippen molar-refractivity contribution in [1.29, 1.82) is 0 Å². The van der Waals surface area contributed by atoms with Crippen LogP contribution in [0.25, 0.3) is 0 Å². The van der Waals surface area contributed by atoms with Crippen LogP contribution in [0.3, 0.4) is 0 Å². The summed E-state index contributed by atoms with van der Waals surface area (Å²) in [6.07, 6.45) is -3.14. The number of hydrogen-bond acceptors (Lipinski definition) is 2. The van der Waals surface area contributed by atoms with E-state index in [0.29, 0.717) is 16.2 Å². The first-order valence-electron chi connectivity index (χ1n) is 6.49. The number of rotatable bonds is 4. The van der Waals surface area contributed by atoms with E-state index in [-0.39, 0.29) is 18.4 Å². The molecule has 7 heteroatoms. The number of alkyl halides is 3. The molecular formula is C14H15F3N2O2. The van der Waals surface area contributed by atoms with E-state index in [0.717, 1.165) is 19.9 Å². The first-order chi connectivity index (χ1) is 9.77. The van der Waals surface area contributed by atoms with Crippen LogP contribution in [0.1, 0.15) is 18.4 Å². The van der Waals surface area contributed by atoms with Gasteiger partial charge in [0.05, 0.1) is 0 Å². The molecule has 0 spiro atoms. The van der Waals surface area contributed by atoms with Gasteiger partial charge in [-0.15, -0.1) is 0 Å². The zero-order chi connectivity index (χ0) is 15.6. The number of nitrogens with zero attached hydrogens (tertiary/aromatic N) is 1. The van der Waals surface area contributed by atoms with E-state index in [2.05, 4.69) is 5.32 Å². The number of hydrogen-bond donors (Lipinski definition) is 1. The molecular weight excluding hydrogens is 285 g/mol. The van der Waals surface area contributed by atoms with E-state index in [1.165, 1.54) is 0 Å². The largest absolute Gasteiger partial charge is 0.471 e. The lowest BCUT2D eigenvalue weighted by Crippen LogP contribution is -2.37. The second-order valence-electron chi connectivity index (χ2n) is 5.12. The smallest absolute Gasteiger partial charge is 0.334 e. The summed E-state index contributed by atoms with van der Waals surface area (Å²) in [4.78, 5) is 23.3. The number of nitrogens with one attached hydrogen (secondary N) is 1. The molecule has 1 aliphatic rings. The van der Waals surface area contributed by atoms with Crippen molar-refractivity contribution < 1.29 is 22.8 Å². The van der Waals surface area contributed by atoms with Gasteiger partial charge in [0.2, 0.25) is 5.91 Å². The minimum absolute atomic E-state index is 0.0446. The Morgan fingerprint density at radius 3 is 2.57 bits per heavy atom. The average molecular weight is 300 g/mol. The molecule has 114 valence electrons. The van der Waals surface area contributed by atoms with Gasteiger partial charge in [-0.05, 0) is 30.5 Å². The van der Waals surface area contributed by atoms with Crippen LogP contribution in [0.2, 0.25) is 0 Å². The van der Waals surface area contributed by atoms with Gasteiger partial charge in [0.1, 0.15) is 0 Å². The summed E-state index contributed by atoms with van der Waals surface area (Å²) in [6.45, 7) is -0.175. The molecule has 1 aliphatic carbocycles. The monoisotopic (exact) mass is 300 g/mol. The summed E-state index contributed by atoms with van der Waals surface area (Å²) < 4.78 is 36.9. The molecule has 1 saturated carbocycles. The van der Waals surface area contributed by atoms with Gasteiger partial charge in [-0.2, -0.15) is 13.2 Å². The van der Waals surface area contributed by atoms with E-state index in [4.69, 9.17) is 0 Å². The van der Waals surface area contributed by atoms with Crippen LogP contribution in [0.5, 0.6) is 0 Å². The molecule has 1 N–H and O–H groups in total. The molecule has 4 nitrogen and oxygen atoms in total. The van der Waals surface area contributed by atoms with Crippen molar-refractivity contribution in [2.75, 3.05) is 12.4 Å². The predicted octanol–water partition coefficient (Wildman–Crippen LogP) is 2.56. The Hall–Kier alpha value is -2.05. The van der Waals surface area contributed by atoms with Crippen molar-refractivity contribution in [3.63, 3.8) is 0 Å². The van der Waals surface area contributed by atoms with Crippen molar-refractivity contribution in [1.82, 2.24) is 4.90 Å². The molecule has 0 radical (unpaired) electrons. The SMILES string of the molecule is CN(Cc1cccc(NC(=O)C2CC2)c1)C(=O)C(F)(F)F. The molecule has 0 heterocycles. The molecule has 0 atom stereocenters. The second-order valence-corrected chi connectivity index (χ2v) is 5.12.